The molecule has 1 aliphatic rings. The van der Waals surface area contributed by atoms with Gasteiger partial charge in [0, 0.05) is 5.41 Å². The van der Waals surface area contributed by atoms with Crippen LogP contribution >= 0.6 is 0 Å². The summed E-state index contributed by atoms with van der Waals surface area (Å²) >= 11 is 0. The van der Waals surface area contributed by atoms with Gasteiger partial charge >= 0.3 is 0 Å². The Morgan fingerprint density at radius 2 is 1.83 bits per heavy atom. The standard InChI is InChI=1S/C20H24O3/c1-14-7-18(23-13-20(3)11-22-12-20)8-15(2)19(14)17-6-4-5-16(9-17)10-21/h4-9,21H,10-13H2,1-3H3. The molecule has 0 spiro atoms. The van der Waals surface area contributed by atoms with Crippen molar-refractivity contribution in [1.29, 1.82) is 0 Å². The second kappa shape index (κ2) is 6.34. The molecule has 1 aliphatic heterocycles. The van der Waals surface area contributed by atoms with Crippen LogP contribution in [0.5, 0.6) is 5.75 Å². The van der Waals surface area contributed by atoms with E-state index in [0.717, 1.165) is 30.1 Å². The monoisotopic (exact) mass is 312 g/mol. The highest BCUT2D eigenvalue weighted by Crippen LogP contribution is 2.33. The molecule has 0 aliphatic carbocycles. The zero-order chi connectivity index (χ0) is 16.4. The molecule has 3 heteroatoms. The van der Waals surface area contributed by atoms with Crippen molar-refractivity contribution in [3.8, 4) is 16.9 Å². The molecule has 0 bridgehead atoms. The van der Waals surface area contributed by atoms with Crippen molar-refractivity contribution in [1.82, 2.24) is 0 Å². The second-order valence-electron chi connectivity index (χ2n) is 6.88. The van der Waals surface area contributed by atoms with Gasteiger partial charge < -0.3 is 14.6 Å². The summed E-state index contributed by atoms with van der Waals surface area (Å²) in [5.41, 5.74) is 5.80. The Bertz CT molecular complexity index is 679. The van der Waals surface area contributed by atoms with Crippen molar-refractivity contribution in [3.05, 3.63) is 53.1 Å². The number of hydrogen-bond acceptors (Lipinski definition) is 3. The molecule has 23 heavy (non-hydrogen) atoms. The van der Waals surface area contributed by atoms with Crippen LogP contribution in [0.4, 0.5) is 0 Å². The predicted molar refractivity (Wildman–Crippen MR) is 91.7 cm³/mol. The molecule has 2 aromatic carbocycles. The van der Waals surface area contributed by atoms with Gasteiger partial charge in [-0.25, -0.2) is 0 Å². The zero-order valence-corrected chi connectivity index (χ0v) is 14.1. The van der Waals surface area contributed by atoms with Crippen molar-refractivity contribution in [2.75, 3.05) is 19.8 Å². The van der Waals surface area contributed by atoms with Crippen molar-refractivity contribution in [3.63, 3.8) is 0 Å². The van der Waals surface area contributed by atoms with Crippen molar-refractivity contribution in [2.45, 2.75) is 27.4 Å². The van der Waals surface area contributed by atoms with Crippen LogP contribution < -0.4 is 4.74 Å². The van der Waals surface area contributed by atoms with Crippen molar-refractivity contribution >= 4 is 0 Å². The molecule has 122 valence electrons. The van der Waals surface area contributed by atoms with Gasteiger partial charge in [-0.2, -0.15) is 0 Å². The van der Waals surface area contributed by atoms with E-state index in [1.54, 1.807) is 0 Å². The minimum absolute atomic E-state index is 0.0633. The van der Waals surface area contributed by atoms with Crippen LogP contribution in [0.25, 0.3) is 11.1 Å². The number of hydrogen-bond donors (Lipinski definition) is 1. The first-order valence-electron chi connectivity index (χ1n) is 8.03. The highest BCUT2D eigenvalue weighted by Gasteiger charge is 2.34. The molecule has 2 aromatic rings. The van der Waals surface area contributed by atoms with E-state index in [4.69, 9.17) is 9.47 Å². The van der Waals surface area contributed by atoms with Crippen molar-refractivity contribution in [2.24, 2.45) is 5.41 Å². The molecule has 1 heterocycles. The Balaban J connectivity index is 1.85. The number of aryl methyl sites for hydroxylation is 2. The first-order chi connectivity index (χ1) is 11.0. The first-order valence-corrected chi connectivity index (χ1v) is 8.03. The molecule has 3 rings (SSSR count). The lowest BCUT2D eigenvalue weighted by molar-refractivity contribution is -0.120. The molecule has 1 saturated heterocycles. The number of ether oxygens (including phenoxy) is 2. The Kier molecular flexibility index (Phi) is 4.42. The smallest absolute Gasteiger partial charge is 0.119 e. The average molecular weight is 312 g/mol. The number of aliphatic hydroxyl groups is 1. The summed E-state index contributed by atoms with van der Waals surface area (Å²) in [6.07, 6.45) is 0. The highest BCUT2D eigenvalue weighted by atomic mass is 16.5. The fraction of sp³-hybridized carbons (Fsp3) is 0.400. The van der Waals surface area contributed by atoms with Gasteiger partial charge in [-0.05, 0) is 59.9 Å². The van der Waals surface area contributed by atoms with E-state index in [0.29, 0.717) is 6.61 Å². The predicted octanol–water partition coefficient (Wildman–Crippen LogP) is 3.88. The van der Waals surface area contributed by atoms with Crippen LogP contribution in [-0.4, -0.2) is 24.9 Å². The Morgan fingerprint density at radius 1 is 1.13 bits per heavy atom. The highest BCUT2D eigenvalue weighted by molar-refractivity contribution is 5.72. The molecule has 0 aromatic heterocycles. The molecule has 1 N–H and O–H groups in total. The third kappa shape index (κ3) is 3.41. The quantitative estimate of drug-likeness (QED) is 0.910. The topological polar surface area (TPSA) is 38.7 Å². The first kappa shape index (κ1) is 16.0. The molecule has 3 nitrogen and oxygen atoms in total. The summed E-state index contributed by atoms with van der Waals surface area (Å²) in [7, 11) is 0. The molecule has 0 saturated carbocycles. The number of benzene rings is 2. The third-order valence-electron chi connectivity index (χ3n) is 4.39. The molecule has 0 radical (unpaired) electrons. The molecular weight excluding hydrogens is 288 g/mol. The fourth-order valence-electron chi connectivity index (χ4n) is 3.08. The second-order valence-corrected chi connectivity index (χ2v) is 6.88. The number of aliphatic hydroxyl groups excluding tert-OH is 1. The number of rotatable bonds is 5. The summed E-state index contributed by atoms with van der Waals surface area (Å²) in [4.78, 5) is 0. The van der Waals surface area contributed by atoms with E-state index >= 15 is 0 Å². The van der Waals surface area contributed by atoms with E-state index in [2.05, 4.69) is 39.0 Å². The van der Waals surface area contributed by atoms with E-state index in [1.807, 2.05) is 18.2 Å². The van der Waals surface area contributed by atoms with Crippen molar-refractivity contribution < 1.29 is 14.6 Å². The molecular formula is C20H24O3. The Labute approximate surface area is 137 Å². The van der Waals surface area contributed by atoms with E-state index < -0.39 is 0 Å². The Morgan fingerprint density at radius 3 is 2.39 bits per heavy atom. The average Bonchev–Trinajstić information content (AvgIpc) is 2.50. The molecule has 0 amide bonds. The minimum Gasteiger partial charge on any atom is -0.493 e. The lowest BCUT2D eigenvalue weighted by Gasteiger charge is -2.37. The van der Waals surface area contributed by atoms with Crippen LogP contribution in [0.1, 0.15) is 23.6 Å². The van der Waals surface area contributed by atoms with Crippen LogP contribution in [0.15, 0.2) is 36.4 Å². The lowest BCUT2D eigenvalue weighted by atomic mass is 9.90. The van der Waals surface area contributed by atoms with E-state index in [1.165, 1.54) is 16.7 Å². The van der Waals surface area contributed by atoms with Crippen LogP contribution in [-0.2, 0) is 11.3 Å². The maximum atomic E-state index is 9.34. The van der Waals surface area contributed by atoms with Gasteiger partial charge in [0.05, 0.1) is 26.4 Å². The molecule has 0 unspecified atom stereocenters. The van der Waals surface area contributed by atoms with Gasteiger partial charge in [-0.15, -0.1) is 0 Å². The van der Waals surface area contributed by atoms with Gasteiger partial charge in [0.15, 0.2) is 0 Å². The van der Waals surface area contributed by atoms with Crippen LogP contribution in [0.2, 0.25) is 0 Å². The van der Waals surface area contributed by atoms with Gasteiger partial charge in [0.1, 0.15) is 5.75 Å². The van der Waals surface area contributed by atoms with Gasteiger partial charge in [-0.3, -0.25) is 0 Å². The summed E-state index contributed by atoms with van der Waals surface area (Å²) in [5.74, 6) is 0.912. The summed E-state index contributed by atoms with van der Waals surface area (Å²) in [6, 6.07) is 12.2. The normalized spacial score (nSPS) is 16.0. The Hall–Kier alpha value is -1.84. The largest absolute Gasteiger partial charge is 0.493 e. The maximum Gasteiger partial charge on any atom is 0.119 e. The van der Waals surface area contributed by atoms with Crippen LogP contribution in [0, 0.1) is 19.3 Å². The SMILES string of the molecule is Cc1cc(OCC2(C)COC2)cc(C)c1-c1cccc(CO)c1. The van der Waals surface area contributed by atoms with E-state index in [-0.39, 0.29) is 12.0 Å². The van der Waals surface area contributed by atoms with Crippen LogP contribution in [0.3, 0.4) is 0 Å². The summed E-state index contributed by atoms with van der Waals surface area (Å²) in [5, 5.41) is 9.34. The van der Waals surface area contributed by atoms with Gasteiger partial charge in [0.25, 0.3) is 0 Å². The summed E-state index contributed by atoms with van der Waals surface area (Å²) < 4.78 is 11.3. The lowest BCUT2D eigenvalue weighted by Crippen LogP contribution is -2.44. The minimum atomic E-state index is 0.0633. The zero-order valence-electron chi connectivity index (χ0n) is 14.1. The van der Waals surface area contributed by atoms with E-state index in [9.17, 15) is 5.11 Å². The third-order valence-corrected chi connectivity index (χ3v) is 4.39. The van der Waals surface area contributed by atoms with Gasteiger partial charge in [0.2, 0.25) is 0 Å². The maximum absolute atomic E-state index is 9.34. The molecule has 1 fully saturated rings. The molecule has 0 atom stereocenters. The summed E-state index contributed by atoms with van der Waals surface area (Å²) in [6.45, 7) is 8.70. The fourth-order valence-corrected chi connectivity index (χ4v) is 3.08. The van der Waals surface area contributed by atoms with Gasteiger partial charge in [-0.1, -0.05) is 25.1 Å².